The second-order valence-electron chi connectivity index (χ2n) is 5.64. The maximum atomic E-state index is 11.9. The van der Waals surface area contributed by atoms with Gasteiger partial charge in [0, 0.05) is 11.3 Å². The topological polar surface area (TPSA) is 78.4 Å². The summed E-state index contributed by atoms with van der Waals surface area (Å²) in [6.07, 6.45) is 8.31. The molecular formula is C13H22N2O3S. The van der Waals surface area contributed by atoms with Gasteiger partial charge in [0.05, 0.1) is 0 Å². The fourth-order valence-corrected chi connectivity index (χ4v) is 3.81. The van der Waals surface area contributed by atoms with Gasteiger partial charge in [-0.1, -0.05) is 19.3 Å². The predicted molar refractivity (Wildman–Crippen MR) is 75.5 cm³/mol. The molecule has 2 rings (SSSR count). The first-order chi connectivity index (χ1) is 9.02. The van der Waals surface area contributed by atoms with Crippen LogP contribution >= 0.6 is 11.8 Å². The zero-order valence-corrected chi connectivity index (χ0v) is 12.1. The molecule has 6 heteroatoms. The van der Waals surface area contributed by atoms with E-state index in [-0.39, 0.29) is 10.8 Å². The smallest absolute Gasteiger partial charge is 0.329 e. The first-order valence-electron chi connectivity index (χ1n) is 6.87. The summed E-state index contributed by atoms with van der Waals surface area (Å²) < 4.78 is 0.170. The van der Waals surface area contributed by atoms with Gasteiger partial charge in [0.1, 0.15) is 5.54 Å². The van der Waals surface area contributed by atoms with Crippen molar-refractivity contribution < 1.29 is 14.7 Å². The summed E-state index contributed by atoms with van der Waals surface area (Å²) in [6, 6.07) is -0.343. The molecule has 0 heterocycles. The molecule has 0 aromatic heterocycles. The van der Waals surface area contributed by atoms with Crippen LogP contribution in [0.5, 0.6) is 0 Å². The Morgan fingerprint density at radius 2 is 1.79 bits per heavy atom. The van der Waals surface area contributed by atoms with Crippen LogP contribution in [0.4, 0.5) is 4.79 Å². The number of urea groups is 1. The Morgan fingerprint density at radius 1 is 1.16 bits per heavy atom. The third-order valence-electron chi connectivity index (χ3n) is 4.49. The SMILES string of the molecule is CSC1(CNC(=O)NC2(C(=O)O)CCCC2)CCC1. The van der Waals surface area contributed by atoms with Gasteiger partial charge in [-0.15, -0.1) is 0 Å². The molecule has 0 saturated heterocycles. The highest BCUT2D eigenvalue weighted by Gasteiger charge is 2.43. The van der Waals surface area contributed by atoms with Crippen molar-refractivity contribution in [2.45, 2.75) is 55.2 Å². The summed E-state index contributed by atoms with van der Waals surface area (Å²) in [5, 5.41) is 14.8. The van der Waals surface area contributed by atoms with Crippen LogP contribution in [0, 0.1) is 0 Å². The predicted octanol–water partition coefficient (Wildman–Crippen LogP) is 1.97. The van der Waals surface area contributed by atoms with Crippen LogP contribution in [0.3, 0.4) is 0 Å². The van der Waals surface area contributed by atoms with Crippen molar-refractivity contribution in [3.63, 3.8) is 0 Å². The molecule has 19 heavy (non-hydrogen) atoms. The highest BCUT2D eigenvalue weighted by atomic mass is 32.2. The molecule has 0 atom stereocenters. The van der Waals surface area contributed by atoms with E-state index >= 15 is 0 Å². The zero-order valence-electron chi connectivity index (χ0n) is 11.3. The molecule has 2 saturated carbocycles. The summed E-state index contributed by atoms with van der Waals surface area (Å²) in [4.78, 5) is 23.3. The van der Waals surface area contributed by atoms with Gasteiger partial charge in [-0.05, 0) is 31.9 Å². The zero-order chi connectivity index (χ0) is 13.9. The number of carboxylic acid groups (broad SMARTS) is 1. The maximum absolute atomic E-state index is 11.9. The average Bonchev–Trinajstić information content (AvgIpc) is 2.78. The molecule has 0 unspecified atom stereocenters. The van der Waals surface area contributed by atoms with Crippen molar-refractivity contribution in [3.8, 4) is 0 Å². The highest BCUT2D eigenvalue weighted by molar-refractivity contribution is 8.00. The molecule has 0 aromatic rings. The van der Waals surface area contributed by atoms with Crippen LogP contribution < -0.4 is 10.6 Å². The Labute approximate surface area is 117 Å². The number of hydrogen-bond donors (Lipinski definition) is 3. The summed E-state index contributed by atoms with van der Waals surface area (Å²) in [6.45, 7) is 0.621. The number of carboxylic acids is 1. The van der Waals surface area contributed by atoms with Crippen molar-refractivity contribution in [2.24, 2.45) is 0 Å². The number of hydrogen-bond acceptors (Lipinski definition) is 3. The van der Waals surface area contributed by atoms with Crippen molar-refractivity contribution in [2.75, 3.05) is 12.8 Å². The Bertz CT molecular complexity index is 357. The number of carbonyl (C=O) groups is 2. The van der Waals surface area contributed by atoms with Gasteiger partial charge in [-0.3, -0.25) is 0 Å². The van der Waals surface area contributed by atoms with E-state index in [1.165, 1.54) is 6.42 Å². The Kier molecular flexibility index (Phi) is 4.28. The molecular weight excluding hydrogens is 264 g/mol. The molecule has 2 fully saturated rings. The maximum Gasteiger partial charge on any atom is 0.329 e. The van der Waals surface area contributed by atoms with Crippen LogP contribution in [-0.2, 0) is 4.79 Å². The van der Waals surface area contributed by atoms with Gasteiger partial charge < -0.3 is 15.7 Å². The molecule has 2 aliphatic rings. The molecule has 2 amide bonds. The van der Waals surface area contributed by atoms with Crippen molar-refractivity contribution in [3.05, 3.63) is 0 Å². The van der Waals surface area contributed by atoms with E-state index in [2.05, 4.69) is 16.9 Å². The van der Waals surface area contributed by atoms with E-state index in [1.807, 2.05) is 0 Å². The van der Waals surface area contributed by atoms with E-state index in [9.17, 15) is 14.7 Å². The summed E-state index contributed by atoms with van der Waals surface area (Å²) in [7, 11) is 0. The van der Waals surface area contributed by atoms with E-state index in [4.69, 9.17) is 0 Å². The number of carbonyl (C=O) groups excluding carboxylic acids is 1. The Balaban J connectivity index is 1.85. The van der Waals surface area contributed by atoms with Gasteiger partial charge in [0.15, 0.2) is 0 Å². The third-order valence-corrected chi connectivity index (χ3v) is 5.91. The quantitative estimate of drug-likeness (QED) is 0.722. The third kappa shape index (κ3) is 2.99. The molecule has 0 spiro atoms. The highest BCUT2D eigenvalue weighted by Crippen LogP contribution is 2.42. The molecule has 2 aliphatic carbocycles. The van der Waals surface area contributed by atoms with Crippen LogP contribution in [0.1, 0.15) is 44.9 Å². The van der Waals surface area contributed by atoms with Crippen LogP contribution in [0.25, 0.3) is 0 Å². The van der Waals surface area contributed by atoms with Gasteiger partial charge in [-0.2, -0.15) is 11.8 Å². The van der Waals surface area contributed by atoms with Gasteiger partial charge in [0.25, 0.3) is 0 Å². The van der Waals surface area contributed by atoms with Crippen molar-refractivity contribution in [1.82, 2.24) is 10.6 Å². The minimum atomic E-state index is -1.05. The fourth-order valence-electron chi connectivity index (χ4n) is 2.90. The summed E-state index contributed by atoms with van der Waals surface area (Å²) in [5.74, 6) is -0.914. The minimum absolute atomic E-state index is 0.170. The number of nitrogens with one attached hydrogen (secondary N) is 2. The second kappa shape index (κ2) is 5.61. The molecule has 0 aliphatic heterocycles. The van der Waals surface area contributed by atoms with E-state index < -0.39 is 11.5 Å². The monoisotopic (exact) mass is 286 g/mol. The van der Waals surface area contributed by atoms with E-state index in [0.717, 1.165) is 25.7 Å². The normalized spacial score (nSPS) is 23.4. The van der Waals surface area contributed by atoms with Crippen LogP contribution in [0.15, 0.2) is 0 Å². The number of aliphatic carboxylic acids is 1. The van der Waals surface area contributed by atoms with Gasteiger partial charge in [-0.25, -0.2) is 9.59 Å². The lowest BCUT2D eigenvalue weighted by atomic mass is 9.84. The first kappa shape index (κ1) is 14.5. The van der Waals surface area contributed by atoms with E-state index in [0.29, 0.717) is 19.4 Å². The van der Waals surface area contributed by atoms with Crippen molar-refractivity contribution >= 4 is 23.8 Å². The fraction of sp³-hybridized carbons (Fsp3) is 0.846. The Morgan fingerprint density at radius 3 is 2.21 bits per heavy atom. The minimum Gasteiger partial charge on any atom is -0.480 e. The largest absolute Gasteiger partial charge is 0.480 e. The Hall–Kier alpha value is -0.910. The summed E-state index contributed by atoms with van der Waals surface area (Å²) >= 11 is 1.79. The van der Waals surface area contributed by atoms with Crippen LogP contribution in [-0.4, -0.2) is 40.2 Å². The molecule has 0 bridgehead atoms. The van der Waals surface area contributed by atoms with Crippen LogP contribution in [0.2, 0.25) is 0 Å². The number of amides is 2. The lowest BCUT2D eigenvalue weighted by Gasteiger charge is -2.40. The molecule has 0 radical (unpaired) electrons. The molecule has 3 N–H and O–H groups in total. The molecule has 5 nitrogen and oxygen atoms in total. The van der Waals surface area contributed by atoms with Gasteiger partial charge in [0.2, 0.25) is 0 Å². The lowest BCUT2D eigenvalue weighted by Crippen LogP contribution is -2.57. The standard InChI is InChI=1S/C13H22N2O3S/c1-19-12(5-4-6-12)9-14-11(18)15-13(10(16)17)7-2-3-8-13/h2-9H2,1H3,(H,16,17)(H2,14,15,18). The molecule has 108 valence electrons. The number of thioether (sulfide) groups is 1. The molecule has 0 aromatic carbocycles. The lowest BCUT2D eigenvalue weighted by molar-refractivity contribution is -0.144. The van der Waals surface area contributed by atoms with Crippen molar-refractivity contribution in [1.29, 1.82) is 0 Å². The summed E-state index contributed by atoms with van der Waals surface area (Å²) in [5.41, 5.74) is -1.05. The van der Waals surface area contributed by atoms with Gasteiger partial charge >= 0.3 is 12.0 Å². The first-order valence-corrected chi connectivity index (χ1v) is 8.09. The van der Waals surface area contributed by atoms with E-state index in [1.54, 1.807) is 11.8 Å². The average molecular weight is 286 g/mol. The number of rotatable bonds is 5. The second-order valence-corrected chi connectivity index (χ2v) is 6.92.